The fraction of sp³-hybridized carbons (Fsp3) is 0.467. The van der Waals surface area contributed by atoms with Crippen molar-refractivity contribution in [3.05, 3.63) is 29.7 Å². The molecule has 7 nitrogen and oxygen atoms in total. The molecule has 8 heteroatoms. The van der Waals surface area contributed by atoms with Crippen LogP contribution >= 0.6 is 11.3 Å². The maximum Gasteiger partial charge on any atom is 0.317 e. The van der Waals surface area contributed by atoms with Crippen molar-refractivity contribution < 1.29 is 9.53 Å². The van der Waals surface area contributed by atoms with Crippen molar-refractivity contribution in [2.45, 2.75) is 25.5 Å². The van der Waals surface area contributed by atoms with Crippen molar-refractivity contribution in [1.29, 1.82) is 0 Å². The van der Waals surface area contributed by atoms with E-state index < -0.39 is 0 Å². The van der Waals surface area contributed by atoms with Crippen molar-refractivity contribution in [2.24, 2.45) is 0 Å². The lowest BCUT2D eigenvalue weighted by atomic mass is 10.2. The number of aromatic nitrogens is 3. The molecule has 1 aliphatic heterocycles. The second kappa shape index (κ2) is 7.47. The van der Waals surface area contributed by atoms with Gasteiger partial charge in [0.25, 0.3) is 0 Å². The average Bonchev–Trinajstić information content (AvgIpc) is 3.25. The van der Waals surface area contributed by atoms with E-state index in [0.717, 1.165) is 35.8 Å². The lowest BCUT2D eigenvalue weighted by molar-refractivity contribution is 0.0874. The van der Waals surface area contributed by atoms with Crippen LogP contribution in [0.2, 0.25) is 0 Å². The van der Waals surface area contributed by atoms with Gasteiger partial charge in [0.1, 0.15) is 10.7 Å². The van der Waals surface area contributed by atoms with Crippen LogP contribution in [0.5, 0.6) is 0 Å². The third kappa shape index (κ3) is 4.23. The van der Waals surface area contributed by atoms with Gasteiger partial charge in [-0.2, -0.15) is 0 Å². The Morgan fingerprint density at radius 2 is 2.43 bits per heavy atom. The highest BCUT2D eigenvalue weighted by Crippen LogP contribution is 2.20. The molecule has 0 saturated carbocycles. The van der Waals surface area contributed by atoms with Gasteiger partial charge in [-0.1, -0.05) is 0 Å². The fourth-order valence-corrected chi connectivity index (χ4v) is 3.17. The predicted octanol–water partition coefficient (Wildman–Crippen LogP) is 1.92. The van der Waals surface area contributed by atoms with Crippen LogP contribution < -0.4 is 5.32 Å². The van der Waals surface area contributed by atoms with Gasteiger partial charge in [-0.15, -0.1) is 11.3 Å². The first-order valence-electron chi connectivity index (χ1n) is 7.54. The zero-order chi connectivity index (χ0) is 16.1. The third-order valence-corrected chi connectivity index (χ3v) is 4.52. The Bertz CT molecular complexity index is 642. The fourth-order valence-electron chi connectivity index (χ4n) is 2.39. The number of rotatable bonds is 5. The summed E-state index contributed by atoms with van der Waals surface area (Å²) in [7, 11) is 1.78. The monoisotopic (exact) mass is 333 g/mol. The van der Waals surface area contributed by atoms with Crippen LogP contribution in [0.25, 0.3) is 10.7 Å². The molecule has 1 unspecified atom stereocenters. The van der Waals surface area contributed by atoms with E-state index in [1.54, 1.807) is 30.5 Å². The lowest BCUT2D eigenvalue weighted by Crippen LogP contribution is -2.40. The van der Waals surface area contributed by atoms with Crippen LogP contribution in [0.15, 0.2) is 24.0 Å². The van der Waals surface area contributed by atoms with Crippen molar-refractivity contribution in [3.8, 4) is 10.7 Å². The summed E-state index contributed by atoms with van der Waals surface area (Å²) in [6.45, 7) is 1.81. The number of likely N-dealkylation sites (N-methyl/N-ethyl adjacent to an activating group) is 1. The number of hydrogen-bond acceptors (Lipinski definition) is 6. The Balaban J connectivity index is 1.50. The molecule has 3 rings (SSSR count). The second-order valence-corrected chi connectivity index (χ2v) is 6.27. The summed E-state index contributed by atoms with van der Waals surface area (Å²) < 4.78 is 5.54. The summed E-state index contributed by atoms with van der Waals surface area (Å²) in [4.78, 5) is 26.5. The molecule has 0 bridgehead atoms. The summed E-state index contributed by atoms with van der Waals surface area (Å²) >= 11 is 1.49. The molecule has 3 heterocycles. The van der Waals surface area contributed by atoms with Gasteiger partial charge >= 0.3 is 6.03 Å². The molecule has 2 aromatic rings. The summed E-state index contributed by atoms with van der Waals surface area (Å²) in [6, 6.07) is -0.116. The standard InChI is InChI=1S/C15H19N5O2S/c1-20(9-12-3-2-6-22-12)15(21)18-7-11-10-23-14(19-11)13-8-16-4-5-17-13/h4-5,8,10,12H,2-3,6-7,9H2,1H3,(H,18,21). The molecule has 2 aromatic heterocycles. The number of thiazole rings is 1. The van der Waals surface area contributed by atoms with Crippen LogP contribution in [0.3, 0.4) is 0 Å². The molecule has 1 aliphatic rings. The first-order valence-corrected chi connectivity index (χ1v) is 8.41. The van der Waals surface area contributed by atoms with Crippen molar-refractivity contribution in [1.82, 2.24) is 25.2 Å². The maximum atomic E-state index is 12.1. The van der Waals surface area contributed by atoms with Crippen LogP contribution in [0, 0.1) is 0 Å². The van der Waals surface area contributed by atoms with Crippen LogP contribution in [0.4, 0.5) is 4.79 Å². The molecular formula is C15H19N5O2S. The minimum Gasteiger partial charge on any atom is -0.376 e. The van der Waals surface area contributed by atoms with E-state index >= 15 is 0 Å². The average molecular weight is 333 g/mol. The van der Waals surface area contributed by atoms with Gasteiger partial charge < -0.3 is 15.0 Å². The van der Waals surface area contributed by atoms with Crippen LogP contribution in [-0.4, -0.2) is 52.2 Å². The molecule has 0 spiro atoms. The van der Waals surface area contributed by atoms with Gasteiger partial charge in [0, 0.05) is 38.0 Å². The second-order valence-electron chi connectivity index (χ2n) is 5.41. The largest absolute Gasteiger partial charge is 0.376 e. The number of carbonyl (C=O) groups excluding carboxylic acids is 1. The number of hydrogen-bond donors (Lipinski definition) is 1. The summed E-state index contributed by atoms with van der Waals surface area (Å²) in [5, 5.41) is 5.60. The molecule has 0 radical (unpaired) electrons. The van der Waals surface area contributed by atoms with Gasteiger partial charge in [-0.05, 0) is 12.8 Å². The molecule has 2 amide bonds. The first kappa shape index (κ1) is 15.8. The van der Waals surface area contributed by atoms with E-state index in [1.165, 1.54) is 11.3 Å². The summed E-state index contributed by atoms with van der Waals surface area (Å²) in [5.41, 5.74) is 1.56. The van der Waals surface area contributed by atoms with E-state index in [4.69, 9.17) is 4.74 Å². The van der Waals surface area contributed by atoms with Crippen molar-refractivity contribution in [3.63, 3.8) is 0 Å². The Kier molecular flexibility index (Phi) is 5.14. The minimum atomic E-state index is -0.116. The Morgan fingerprint density at radius 1 is 1.52 bits per heavy atom. The zero-order valence-electron chi connectivity index (χ0n) is 12.9. The quantitative estimate of drug-likeness (QED) is 0.904. The molecule has 122 valence electrons. The van der Waals surface area contributed by atoms with Gasteiger partial charge in [-0.3, -0.25) is 9.97 Å². The molecule has 23 heavy (non-hydrogen) atoms. The minimum absolute atomic E-state index is 0.116. The topological polar surface area (TPSA) is 80.2 Å². The molecule has 1 fully saturated rings. The number of ether oxygens (including phenoxy) is 1. The van der Waals surface area contributed by atoms with Gasteiger partial charge in [0.2, 0.25) is 0 Å². The van der Waals surface area contributed by atoms with E-state index in [2.05, 4.69) is 20.3 Å². The number of amides is 2. The van der Waals surface area contributed by atoms with E-state index in [1.807, 2.05) is 5.38 Å². The number of urea groups is 1. The molecule has 1 atom stereocenters. The van der Waals surface area contributed by atoms with Crippen LogP contribution in [-0.2, 0) is 11.3 Å². The molecule has 0 aromatic carbocycles. The van der Waals surface area contributed by atoms with Gasteiger partial charge in [0.15, 0.2) is 0 Å². The van der Waals surface area contributed by atoms with Gasteiger partial charge in [-0.25, -0.2) is 9.78 Å². The number of nitrogens with one attached hydrogen (secondary N) is 1. The van der Waals surface area contributed by atoms with E-state index in [0.29, 0.717) is 13.1 Å². The smallest absolute Gasteiger partial charge is 0.317 e. The van der Waals surface area contributed by atoms with Crippen molar-refractivity contribution in [2.75, 3.05) is 20.2 Å². The number of nitrogens with zero attached hydrogens (tertiary/aromatic N) is 4. The molecule has 1 saturated heterocycles. The molecule has 0 aliphatic carbocycles. The lowest BCUT2D eigenvalue weighted by Gasteiger charge is -2.20. The zero-order valence-corrected chi connectivity index (χ0v) is 13.8. The highest BCUT2D eigenvalue weighted by molar-refractivity contribution is 7.13. The number of carbonyl (C=O) groups is 1. The maximum absolute atomic E-state index is 12.1. The van der Waals surface area contributed by atoms with E-state index in [9.17, 15) is 4.79 Å². The van der Waals surface area contributed by atoms with E-state index in [-0.39, 0.29) is 12.1 Å². The van der Waals surface area contributed by atoms with Crippen LogP contribution in [0.1, 0.15) is 18.5 Å². The molecular weight excluding hydrogens is 314 g/mol. The van der Waals surface area contributed by atoms with Gasteiger partial charge in [0.05, 0.1) is 24.5 Å². The highest BCUT2D eigenvalue weighted by Gasteiger charge is 2.20. The Morgan fingerprint density at radius 3 is 3.17 bits per heavy atom. The van der Waals surface area contributed by atoms with Crippen molar-refractivity contribution >= 4 is 17.4 Å². The first-order chi connectivity index (χ1) is 11.2. The Labute approximate surface area is 138 Å². The molecule has 1 N–H and O–H groups in total. The highest BCUT2D eigenvalue weighted by atomic mass is 32.1. The SMILES string of the molecule is CN(CC1CCCO1)C(=O)NCc1csc(-c2cnccn2)n1. The summed E-state index contributed by atoms with van der Waals surface area (Å²) in [5.74, 6) is 0. The normalized spacial score (nSPS) is 17.2. The third-order valence-electron chi connectivity index (χ3n) is 3.60. The predicted molar refractivity (Wildman–Crippen MR) is 87.0 cm³/mol. The Hall–Kier alpha value is -2.06. The summed E-state index contributed by atoms with van der Waals surface area (Å²) in [6.07, 6.45) is 7.19.